The number of aromatic nitrogens is 4. The first-order valence-electron chi connectivity index (χ1n) is 5.75. The molecule has 2 aromatic heterocycles. The lowest BCUT2D eigenvalue weighted by atomic mass is 10.1. The molecule has 0 fully saturated rings. The Kier molecular flexibility index (Phi) is 2.20. The van der Waals surface area contributed by atoms with Gasteiger partial charge in [0.15, 0.2) is 5.82 Å². The third kappa shape index (κ3) is 1.33. The summed E-state index contributed by atoms with van der Waals surface area (Å²) >= 11 is 0. The first-order chi connectivity index (χ1) is 7.90. The average Bonchev–Trinajstić information content (AvgIpc) is 2.90. The summed E-state index contributed by atoms with van der Waals surface area (Å²) in [7, 11) is 0. The van der Waals surface area contributed by atoms with Gasteiger partial charge in [0.2, 0.25) is 0 Å². The molecule has 0 bridgehead atoms. The number of aryl methyl sites for hydroxylation is 1. The minimum atomic E-state index is 0.544. The second kappa shape index (κ2) is 3.70. The van der Waals surface area contributed by atoms with Crippen LogP contribution in [-0.4, -0.2) is 19.7 Å². The Morgan fingerprint density at radius 1 is 1.38 bits per heavy atom. The topological polar surface area (TPSA) is 43.6 Å². The molecule has 16 heavy (non-hydrogen) atoms. The van der Waals surface area contributed by atoms with Crippen molar-refractivity contribution in [3.63, 3.8) is 0 Å². The van der Waals surface area contributed by atoms with Gasteiger partial charge >= 0.3 is 0 Å². The van der Waals surface area contributed by atoms with E-state index < -0.39 is 0 Å². The highest BCUT2D eigenvalue weighted by Crippen LogP contribution is 2.31. The van der Waals surface area contributed by atoms with Crippen LogP contribution in [0.4, 0.5) is 0 Å². The molecule has 4 nitrogen and oxygen atoms in total. The van der Waals surface area contributed by atoms with E-state index in [1.807, 2.05) is 18.2 Å². The van der Waals surface area contributed by atoms with Crippen LogP contribution in [0.5, 0.6) is 0 Å². The minimum absolute atomic E-state index is 0.544. The Bertz CT molecular complexity index is 489. The normalized spacial score (nSPS) is 18.7. The molecule has 1 atom stereocenters. The molecule has 0 radical (unpaired) electrons. The molecule has 3 rings (SSSR count). The van der Waals surface area contributed by atoms with Gasteiger partial charge in [-0.3, -0.25) is 4.98 Å². The van der Waals surface area contributed by atoms with E-state index in [4.69, 9.17) is 0 Å². The second-order valence-corrected chi connectivity index (χ2v) is 4.13. The second-order valence-electron chi connectivity index (χ2n) is 4.13. The summed E-state index contributed by atoms with van der Waals surface area (Å²) in [5.74, 6) is 2.02. The van der Waals surface area contributed by atoms with Crippen molar-refractivity contribution in [2.75, 3.05) is 0 Å². The summed E-state index contributed by atoms with van der Waals surface area (Å²) in [6.07, 6.45) is 5.15. The van der Waals surface area contributed by atoms with Crippen LogP contribution in [0.25, 0.3) is 11.5 Å². The first-order valence-corrected chi connectivity index (χ1v) is 5.75. The van der Waals surface area contributed by atoms with E-state index >= 15 is 0 Å². The zero-order valence-corrected chi connectivity index (χ0v) is 9.30. The molecule has 0 amide bonds. The smallest absolute Gasteiger partial charge is 0.182 e. The first kappa shape index (κ1) is 9.51. The summed E-state index contributed by atoms with van der Waals surface area (Å²) in [5, 5.41) is 8.50. The van der Waals surface area contributed by atoms with Crippen LogP contribution < -0.4 is 0 Å². The van der Waals surface area contributed by atoms with Gasteiger partial charge in [-0.1, -0.05) is 13.0 Å². The summed E-state index contributed by atoms with van der Waals surface area (Å²) in [6, 6.07) is 6.44. The zero-order valence-electron chi connectivity index (χ0n) is 9.30. The summed E-state index contributed by atoms with van der Waals surface area (Å²) in [4.78, 5) is 4.34. The van der Waals surface area contributed by atoms with E-state index in [2.05, 4.69) is 26.7 Å². The molecular formula is C12H14N4. The van der Waals surface area contributed by atoms with Crippen molar-refractivity contribution >= 4 is 0 Å². The molecule has 0 unspecified atom stereocenters. The van der Waals surface area contributed by atoms with Gasteiger partial charge in [0.1, 0.15) is 11.5 Å². The molecule has 0 saturated carbocycles. The summed E-state index contributed by atoms with van der Waals surface area (Å²) < 4.78 is 2.25. The van der Waals surface area contributed by atoms with E-state index in [1.165, 1.54) is 6.42 Å². The minimum Gasteiger partial charge on any atom is -0.307 e. The molecule has 0 spiro atoms. The molecule has 2 aromatic rings. The highest BCUT2D eigenvalue weighted by molar-refractivity contribution is 5.49. The molecule has 0 saturated heterocycles. The Balaban J connectivity index is 2.10. The molecule has 1 aliphatic rings. The van der Waals surface area contributed by atoms with E-state index in [0.29, 0.717) is 6.04 Å². The van der Waals surface area contributed by atoms with E-state index in [1.54, 1.807) is 6.20 Å². The highest BCUT2D eigenvalue weighted by atomic mass is 15.3. The van der Waals surface area contributed by atoms with Crippen molar-refractivity contribution in [2.24, 2.45) is 0 Å². The quantitative estimate of drug-likeness (QED) is 0.770. The van der Waals surface area contributed by atoms with Gasteiger partial charge in [0, 0.05) is 18.7 Å². The number of rotatable bonds is 2. The maximum Gasteiger partial charge on any atom is 0.182 e. The van der Waals surface area contributed by atoms with E-state index in [9.17, 15) is 0 Å². The Labute approximate surface area is 94.4 Å². The van der Waals surface area contributed by atoms with Gasteiger partial charge in [-0.2, -0.15) is 0 Å². The third-order valence-corrected chi connectivity index (χ3v) is 3.20. The molecular weight excluding hydrogens is 200 g/mol. The maximum atomic E-state index is 4.34. The summed E-state index contributed by atoms with van der Waals surface area (Å²) in [5.41, 5.74) is 0.918. The molecule has 1 aliphatic heterocycles. The van der Waals surface area contributed by atoms with Gasteiger partial charge in [-0.25, -0.2) is 0 Å². The Morgan fingerprint density at radius 2 is 2.31 bits per heavy atom. The molecule has 0 N–H and O–H groups in total. The largest absolute Gasteiger partial charge is 0.307 e. The molecule has 0 aromatic carbocycles. The lowest BCUT2D eigenvalue weighted by Crippen LogP contribution is -2.05. The highest BCUT2D eigenvalue weighted by Gasteiger charge is 2.26. The van der Waals surface area contributed by atoms with Crippen molar-refractivity contribution < 1.29 is 0 Å². The number of pyridine rings is 1. The SMILES string of the molecule is CC[C@H]1CCc2nnc(-c3ccccn3)n21. The van der Waals surface area contributed by atoms with Crippen molar-refractivity contribution in [1.29, 1.82) is 0 Å². The van der Waals surface area contributed by atoms with Gasteiger partial charge in [-0.15, -0.1) is 10.2 Å². The fourth-order valence-electron chi connectivity index (χ4n) is 2.36. The molecule has 3 heterocycles. The zero-order chi connectivity index (χ0) is 11.0. The maximum absolute atomic E-state index is 4.34. The number of fused-ring (bicyclic) bond motifs is 1. The van der Waals surface area contributed by atoms with Crippen LogP contribution in [0.2, 0.25) is 0 Å². The van der Waals surface area contributed by atoms with Crippen molar-refractivity contribution in [2.45, 2.75) is 32.2 Å². The monoisotopic (exact) mass is 214 g/mol. The standard InChI is InChI=1S/C12H14N4/c1-2-9-6-7-11-14-15-12(16(9)11)10-5-3-4-8-13-10/h3-5,8-9H,2,6-7H2,1H3/t9-/m0/s1. The lowest BCUT2D eigenvalue weighted by molar-refractivity contribution is 0.513. The van der Waals surface area contributed by atoms with Crippen LogP contribution >= 0.6 is 0 Å². The van der Waals surface area contributed by atoms with E-state index in [-0.39, 0.29) is 0 Å². The van der Waals surface area contributed by atoms with Gasteiger partial charge in [0.25, 0.3) is 0 Å². The average molecular weight is 214 g/mol. The molecule has 82 valence electrons. The van der Waals surface area contributed by atoms with Crippen molar-refractivity contribution in [3.05, 3.63) is 30.2 Å². The fraction of sp³-hybridized carbons (Fsp3) is 0.417. The van der Waals surface area contributed by atoms with Crippen LogP contribution in [0, 0.1) is 0 Å². The lowest BCUT2D eigenvalue weighted by Gasteiger charge is -2.11. The fourth-order valence-corrected chi connectivity index (χ4v) is 2.36. The number of hydrogen-bond donors (Lipinski definition) is 0. The van der Waals surface area contributed by atoms with Crippen LogP contribution in [0.3, 0.4) is 0 Å². The number of nitrogens with zero attached hydrogens (tertiary/aromatic N) is 4. The predicted octanol–water partition coefficient (Wildman–Crippen LogP) is 2.24. The number of hydrogen-bond acceptors (Lipinski definition) is 3. The third-order valence-electron chi connectivity index (χ3n) is 3.20. The van der Waals surface area contributed by atoms with Gasteiger partial charge < -0.3 is 4.57 Å². The van der Waals surface area contributed by atoms with Crippen LogP contribution in [0.1, 0.15) is 31.6 Å². The van der Waals surface area contributed by atoms with Gasteiger partial charge in [-0.05, 0) is 25.0 Å². The van der Waals surface area contributed by atoms with Crippen LogP contribution in [0.15, 0.2) is 24.4 Å². The van der Waals surface area contributed by atoms with Crippen molar-refractivity contribution in [3.8, 4) is 11.5 Å². The van der Waals surface area contributed by atoms with Crippen molar-refractivity contribution in [1.82, 2.24) is 19.7 Å². The van der Waals surface area contributed by atoms with Crippen LogP contribution in [-0.2, 0) is 6.42 Å². The Hall–Kier alpha value is -1.71. The summed E-state index contributed by atoms with van der Waals surface area (Å²) in [6.45, 7) is 2.21. The van der Waals surface area contributed by atoms with E-state index in [0.717, 1.165) is 30.2 Å². The Morgan fingerprint density at radius 3 is 3.06 bits per heavy atom. The molecule has 4 heteroatoms. The van der Waals surface area contributed by atoms with Gasteiger partial charge in [0.05, 0.1) is 0 Å². The molecule has 0 aliphatic carbocycles. The predicted molar refractivity (Wildman–Crippen MR) is 60.9 cm³/mol.